The second-order valence-electron chi connectivity index (χ2n) is 5.24. The molecule has 0 aromatic heterocycles. The Balaban J connectivity index is 2.23. The average Bonchev–Trinajstić information content (AvgIpc) is 2.58. The highest BCUT2D eigenvalue weighted by Crippen LogP contribution is 2.24. The van der Waals surface area contributed by atoms with Gasteiger partial charge in [0, 0.05) is 24.3 Å². The molecule has 1 N–H and O–H groups in total. The topological polar surface area (TPSA) is 66.5 Å². The summed E-state index contributed by atoms with van der Waals surface area (Å²) in [5, 5.41) is -0.0813. The molecule has 5 nitrogen and oxygen atoms in total. The maximum Gasteiger partial charge on any atom is 0.263 e. The van der Waals surface area contributed by atoms with Crippen molar-refractivity contribution in [3.63, 3.8) is 0 Å². The molecule has 0 fully saturated rings. The molecule has 0 spiro atoms. The van der Waals surface area contributed by atoms with Crippen molar-refractivity contribution in [1.82, 2.24) is 4.90 Å². The molecule has 0 aliphatic heterocycles. The fraction of sp³-hybridized carbons (Fsp3) is 0.235. The van der Waals surface area contributed by atoms with Crippen LogP contribution < -0.4 is 4.72 Å². The lowest BCUT2D eigenvalue weighted by molar-refractivity contribution is 0.0773. The lowest BCUT2D eigenvalue weighted by Gasteiger charge is -2.18. The Kier molecular flexibility index (Phi) is 6.02. The zero-order chi connectivity index (χ0) is 18.6. The molecule has 0 aliphatic rings. The van der Waals surface area contributed by atoms with E-state index in [1.807, 2.05) is 13.8 Å². The molecule has 8 heteroatoms. The number of hydrogen-bond donors (Lipinski definition) is 1. The van der Waals surface area contributed by atoms with Crippen molar-refractivity contribution in [2.75, 3.05) is 17.8 Å². The molecule has 0 heterocycles. The maximum atomic E-state index is 13.3. The van der Waals surface area contributed by atoms with Crippen molar-refractivity contribution in [2.24, 2.45) is 0 Å². The molecule has 2 aromatic rings. The fourth-order valence-corrected chi connectivity index (χ4v) is 3.84. The van der Waals surface area contributed by atoms with Gasteiger partial charge in [-0.25, -0.2) is 12.8 Å². The largest absolute Gasteiger partial charge is 0.339 e. The summed E-state index contributed by atoms with van der Waals surface area (Å²) in [5.41, 5.74) is 0.701. The molecule has 0 bridgehead atoms. The van der Waals surface area contributed by atoms with Gasteiger partial charge in [-0.05, 0) is 56.3 Å². The lowest BCUT2D eigenvalue weighted by atomic mass is 10.2. The SMILES string of the molecule is CCN(CC)C(=O)c1ccc(NS(=O)(=O)c2cc(F)ccc2Cl)cc1. The number of carbonyl (C=O) groups excluding carboxylic acids is 1. The third-order valence-corrected chi connectivity index (χ3v) is 5.48. The molecule has 0 atom stereocenters. The second-order valence-corrected chi connectivity index (χ2v) is 7.29. The van der Waals surface area contributed by atoms with Gasteiger partial charge in [-0.1, -0.05) is 11.6 Å². The Morgan fingerprint density at radius 2 is 1.72 bits per heavy atom. The maximum absolute atomic E-state index is 13.3. The van der Waals surface area contributed by atoms with Crippen molar-refractivity contribution in [1.29, 1.82) is 0 Å². The fourth-order valence-electron chi connectivity index (χ4n) is 2.27. The first-order valence-electron chi connectivity index (χ1n) is 7.65. The first-order valence-corrected chi connectivity index (χ1v) is 9.51. The Hall–Kier alpha value is -2.12. The molecule has 134 valence electrons. The molecule has 0 aliphatic carbocycles. The number of sulfonamides is 1. The van der Waals surface area contributed by atoms with Crippen LogP contribution >= 0.6 is 11.6 Å². The van der Waals surface area contributed by atoms with Gasteiger partial charge in [0.1, 0.15) is 10.7 Å². The number of nitrogens with zero attached hydrogens (tertiary/aromatic N) is 1. The number of amides is 1. The van der Waals surface area contributed by atoms with E-state index >= 15 is 0 Å². The zero-order valence-corrected chi connectivity index (χ0v) is 15.4. The number of carbonyl (C=O) groups is 1. The van der Waals surface area contributed by atoms with Gasteiger partial charge in [0.2, 0.25) is 0 Å². The van der Waals surface area contributed by atoms with Crippen LogP contribution in [0.4, 0.5) is 10.1 Å². The monoisotopic (exact) mass is 384 g/mol. The molecule has 0 saturated heterocycles. The van der Waals surface area contributed by atoms with Crippen molar-refractivity contribution >= 4 is 33.2 Å². The number of nitrogens with one attached hydrogen (secondary N) is 1. The van der Waals surface area contributed by atoms with Crippen LogP contribution in [0.5, 0.6) is 0 Å². The minimum Gasteiger partial charge on any atom is -0.339 e. The summed E-state index contributed by atoms with van der Waals surface area (Å²) in [6.45, 7) is 4.93. The summed E-state index contributed by atoms with van der Waals surface area (Å²) in [5.74, 6) is -0.836. The molecule has 2 aromatic carbocycles. The molecular formula is C17H18ClFN2O3S. The van der Waals surface area contributed by atoms with Crippen molar-refractivity contribution in [3.05, 3.63) is 58.9 Å². The highest BCUT2D eigenvalue weighted by molar-refractivity contribution is 7.92. The molecular weight excluding hydrogens is 367 g/mol. The van der Waals surface area contributed by atoms with E-state index in [-0.39, 0.29) is 21.5 Å². The molecule has 1 amide bonds. The van der Waals surface area contributed by atoms with E-state index in [4.69, 9.17) is 11.6 Å². The van der Waals surface area contributed by atoms with E-state index in [9.17, 15) is 17.6 Å². The molecule has 0 saturated carbocycles. The molecule has 0 unspecified atom stereocenters. The van der Waals surface area contributed by atoms with Crippen LogP contribution in [-0.2, 0) is 10.0 Å². The quantitative estimate of drug-likeness (QED) is 0.824. The van der Waals surface area contributed by atoms with Gasteiger partial charge in [0.25, 0.3) is 15.9 Å². The molecule has 25 heavy (non-hydrogen) atoms. The van der Waals surface area contributed by atoms with Gasteiger partial charge in [0.15, 0.2) is 0 Å². The Morgan fingerprint density at radius 1 is 1.12 bits per heavy atom. The molecule has 2 rings (SSSR count). The first-order chi connectivity index (χ1) is 11.8. The van der Waals surface area contributed by atoms with E-state index in [0.717, 1.165) is 12.1 Å². The molecule has 0 radical (unpaired) electrons. The lowest BCUT2D eigenvalue weighted by Crippen LogP contribution is -2.30. The standard InChI is InChI=1S/C17H18ClFN2O3S/c1-3-21(4-2)17(22)12-5-8-14(9-6-12)20-25(23,24)16-11-13(19)7-10-15(16)18/h5-11,20H,3-4H2,1-2H3. The Morgan fingerprint density at radius 3 is 2.28 bits per heavy atom. The number of hydrogen-bond acceptors (Lipinski definition) is 3. The number of halogens is 2. The normalized spacial score (nSPS) is 11.2. The van der Waals surface area contributed by atoms with E-state index < -0.39 is 15.8 Å². The van der Waals surface area contributed by atoms with Gasteiger partial charge >= 0.3 is 0 Å². The summed E-state index contributed by atoms with van der Waals surface area (Å²) >= 11 is 5.84. The van der Waals surface area contributed by atoms with Gasteiger partial charge < -0.3 is 4.90 Å². The summed E-state index contributed by atoms with van der Waals surface area (Å²) < 4.78 is 40.3. The summed E-state index contributed by atoms with van der Waals surface area (Å²) in [7, 11) is -4.04. The van der Waals surface area contributed by atoms with Gasteiger partial charge in [-0.15, -0.1) is 0 Å². The minimum atomic E-state index is -4.04. The Labute approximate surface area is 151 Å². The van der Waals surface area contributed by atoms with Crippen molar-refractivity contribution < 1.29 is 17.6 Å². The summed E-state index contributed by atoms with van der Waals surface area (Å²) in [6, 6.07) is 9.12. The second kappa shape index (κ2) is 7.84. The van der Waals surface area contributed by atoms with Crippen LogP contribution in [0.3, 0.4) is 0 Å². The van der Waals surface area contributed by atoms with E-state index in [1.54, 1.807) is 4.90 Å². The first kappa shape index (κ1) is 19.2. The summed E-state index contributed by atoms with van der Waals surface area (Å²) in [4.78, 5) is 13.5. The number of rotatable bonds is 6. The van der Waals surface area contributed by atoms with Gasteiger partial charge in [-0.2, -0.15) is 0 Å². The van der Waals surface area contributed by atoms with E-state index in [2.05, 4.69) is 4.72 Å². The van der Waals surface area contributed by atoms with Crippen LogP contribution in [0.1, 0.15) is 24.2 Å². The third-order valence-electron chi connectivity index (χ3n) is 3.62. The van der Waals surface area contributed by atoms with Crippen molar-refractivity contribution in [3.8, 4) is 0 Å². The van der Waals surface area contributed by atoms with Crippen molar-refractivity contribution in [2.45, 2.75) is 18.7 Å². The van der Waals surface area contributed by atoms with Crippen LogP contribution in [0.25, 0.3) is 0 Å². The van der Waals surface area contributed by atoms with Gasteiger partial charge in [0.05, 0.1) is 5.02 Å². The smallest absolute Gasteiger partial charge is 0.263 e. The van der Waals surface area contributed by atoms with Crippen LogP contribution in [0.15, 0.2) is 47.4 Å². The van der Waals surface area contributed by atoms with Crippen LogP contribution in [-0.4, -0.2) is 32.3 Å². The predicted molar refractivity (Wildman–Crippen MR) is 95.9 cm³/mol. The summed E-state index contributed by atoms with van der Waals surface area (Å²) in [6.07, 6.45) is 0. The number of benzene rings is 2. The Bertz CT molecular complexity index is 866. The van der Waals surface area contributed by atoms with Crippen LogP contribution in [0.2, 0.25) is 5.02 Å². The van der Waals surface area contributed by atoms with E-state index in [1.165, 1.54) is 30.3 Å². The van der Waals surface area contributed by atoms with E-state index in [0.29, 0.717) is 18.7 Å². The van der Waals surface area contributed by atoms with Gasteiger partial charge in [-0.3, -0.25) is 9.52 Å². The minimum absolute atomic E-state index is 0.0813. The average molecular weight is 385 g/mol. The predicted octanol–water partition coefficient (Wildman–Crippen LogP) is 3.76. The number of anilines is 1. The highest BCUT2D eigenvalue weighted by atomic mass is 35.5. The third kappa shape index (κ3) is 4.49. The zero-order valence-electron chi connectivity index (χ0n) is 13.8. The highest BCUT2D eigenvalue weighted by Gasteiger charge is 2.19. The van der Waals surface area contributed by atoms with Crippen LogP contribution in [0, 0.1) is 5.82 Å².